The van der Waals surface area contributed by atoms with E-state index in [1.165, 1.54) is 12.1 Å². The van der Waals surface area contributed by atoms with Gasteiger partial charge in [0.05, 0.1) is 11.1 Å². The Morgan fingerprint density at radius 3 is 3.00 bits per heavy atom. The monoisotopic (exact) mass is 256 g/mol. The Morgan fingerprint density at radius 1 is 1.59 bits per heavy atom. The quantitative estimate of drug-likeness (QED) is 0.899. The molecule has 92 valence electrons. The summed E-state index contributed by atoms with van der Waals surface area (Å²) < 4.78 is 13.3. The fourth-order valence-electron chi connectivity index (χ4n) is 2.03. The maximum atomic E-state index is 13.3. The lowest BCUT2D eigenvalue weighted by molar-refractivity contribution is -0.118. The number of hydrogen-bond acceptors (Lipinski definition) is 2. The van der Waals surface area contributed by atoms with Crippen molar-refractivity contribution < 1.29 is 9.18 Å². The number of nitrogens with one attached hydrogen (secondary N) is 1. The lowest BCUT2D eigenvalue weighted by atomic mass is 10.2. The Hall–Kier alpha value is -1.13. The summed E-state index contributed by atoms with van der Waals surface area (Å²) in [4.78, 5) is 13.6. The molecule has 1 atom stereocenters. The summed E-state index contributed by atoms with van der Waals surface area (Å²) in [6.45, 7) is 3.31. The largest absolute Gasteiger partial charge is 0.311 e. The third-order valence-electron chi connectivity index (χ3n) is 2.87. The maximum Gasteiger partial charge on any atom is 0.244 e. The van der Waals surface area contributed by atoms with Gasteiger partial charge in [-0.2, -0.15) is 0 Å². The van der Waals surface area contributed by atoms with Gasteiger partial charge in [-0.1, -0.05) is 18.5 Å². The first kappa shape index (κ1) is 12.3. The highest BCUT2D eigenvalue weighted by Crippen LogP contribution is 2.25. The van der Waals surface area contributed by atoms with Crippen molar-refractivity contribution in [2.75, 3.05) is 18.0 Å². The molecule has 1 fully saturated rings. The van der Waals surface area contributed by atoms with Crippen molar-refractivity contribution in [3.8, 4) is 0 Å². The van der Waals surface area contributed by atoms with Crippen molar-refractivity contribution in [2.45, 2.75) is 19.4 Å². The average Bonchev–Trinajstić information content (AvgIpc) is 2.66. The number of halogens is 2. The zero-order valence-corrected chi connectivity index (χ0v) is 10.3. The van der Waals surface area contributed by atoms with Crippen LogP contribution in [0.4, 0.5) is 10.1 Å². The van der Waals surface area contributed by atoms with Crippen molar-refractivity contribution in [3.63, 3.8) is 0 Å². The van der Waals surface area contributed by atoms with Crippen LogP contribution in [0.3, 0.4) is 0 Å². The van der Waals surface area contributed by atoms with E-state index in [-0.39, 0.29) is 17.0 Å². The zero-order valence-electron chi connectivity index (χ0n) is 9.54. The number of rotatable bonds is 3. The summed E-state index contributed by atoms with van der Waals surface area (Å²) in [6, 6.07) is 4.28. The molecule has 1 heterocycles. The smallest absolute Gasteiger partial charge is 0.244 e. The molecule has 0 saturated carbocycles. The molecular formula is C12H14ClFN2O. The first-order chi connectivity index (χ1) is 8.13. The lowest BCUT2D eigenvalue weighted by Gasteiger charge is -2.17. The van der Waals surface area contributed by atoms with Crippen LogP contribution < -0.4 is 10.2 Å². The van der Waals surface area contributed by atoms with Gasteiger partial charge in [-0.05, 0) is 31.2 Å². The Kier molecular flexibility index (Phi) is 3.64. The molecule has 1 aromatic rings. The van der Waals surface area contributed by atoms with Crippen LogP contribution in [0.1, 0.15) is 13.3 Å². The minimum Gasteiger partial charge on any atom is -0.311 e. The van der Waals surface area contributed by atoms with Crippen LogP contribution in [0.25, 0.3) is 0 Å². The molecule has 1 saturated heterocycles. The van der Waals surface area contributed by atoms with Gasteiger partial charge in [0, 0.05) is 12.2 Å². The second-order valence-corrected chi connectivity index (χ2v) is 4.39. The van der Waals surface area contributed by atoms with Gasteiger partial charge < -0.3 is 10.2 Å². The van der Waals surface area contributed by atoms with Gasteiger partial charge >= 0.3 is 0 Å². The van der Waals surface area contributed by atoms with Gasteiger partial charge in [-0.3, -0.25) is 4.79 Å². The minimum atomic E-state index is -0.496. The van der Waals surface area contributed by atoms with Gasteiger partial charge in [0.25, 0.3) is 0 Å². The van der Waals surface area contributed by atoms with Gasteiger partial charge in [-0.15, -0.1) is 0 Å². The van der Waals surface area contributed by atoms with Crippen LogP contribution in [-0.4, -0.2) is 25.0 Å². The Bertz CT molecular complexity index is 439. The first-order valence-electron chi connectivity index (χ1n) is 5.63. The second kappa shape index (κ2) is 5.02. The van der Waals surface area contributed by atoms with E-state index >= 15 is 0 Å². The Morgan fingerprint density at radius 2 is 2.35 bits per heavy atom. The Labute approximate surface area is 105 Å². The maximum absolute atomic E-state index is 13.3. The highest BCUT2D eigenvalue weighted by Gasteiger charge is 2.31. The number of hydrogen-bond donors (Lipinski definition) is 1. The number of nitrogens with zero attached hydrogens (tertiary/aromatic N) is 1. The highest BCUT2D eigenvalue weighted by molar-refractivity contribution is 6.30. The Balaban J connectivity index is 2.18. The summed E-state index contributed by atoms with van der Waals surface area (Å²) in [6.07, 6.45) is 0.747. The molecule has 2 rings (SSSR count). The van der Waals surface area contributed by atoms with E-state index in [1.54, 1.807) is 11.0 Å². The normalized spacial score (nSPS) is 20.1. The summed E-state index contributed by atoms with van der Waals surface area (Å²) >= 11 is 5.61. The summed E-state index contributed by atoms with van der Waals surface area (Å²) in [5, 5.41) is 3.18. The van der Waals surface area contributed by atoms with E-state index in [0.717, 1.165) is 13.0 Å². The van der Waals surface area contributed by atoms with Gasteiger partial charge in [0.2, 0.25) is 5.91 Å². The molecule has 1 aromatic carbocycles. The number of carbonyl (C=O) groups excluding carboxylic acids is 1. The third-order valence-corrected chi connectivity index (χ3v) is 3.18. The molecule has 1 amide bonds. The van der Waals surface area contributed by atoms with E-state index in [2.05, 4.69) is 5.32 Å². The van der Waals surface area contributed by atoms with Crippen LogP contribution in [0, 0.1) is 5.82 Å². The van der Waals surface area contributed by atoms with E-state index in [0.29, 0.717) is 12.2 Å². The van der Waals surface area contributed by atoms with Crippen molar-refractivity contribution >= 4 is 23.2 Å². The molecule has 1 aliphatic rings. The number of likely N-dealkylation sites (N-methyl/N-ethyl adjacent to an activating group) is 1. The fourth-order valence-corrected chi connectivity index (χ4v) is 2.14. The summed E-state index contributed by atoms with van der Waals surface area (Å²) in [5.41, 5.74) is 0.567. The van der Waals surface area contributed by atoms with E-state index in [1.807, 2.05) is 6.92 Å². The number of amides is 1. The van der Waals surface area contributed by atoms with Crippen molar-refractivity contribution in [3.05, 3.63) is 29.0 Å². The van der Waals surface area contributed by atoms with E-state index < -0.39 is 5.82 Å². The molecule has 0 bridgehead atoms. The highest BCUT2D eigenvalue weighted by atomic mass is 35.5. The van der Waals surface area contributed by atoms with Gasteiger partial charge in [-0.25, -0.2) is 4.39 Å². The van der Waals surface area contributed by atoms with Gasteiger partial charge in [0.15, 0.2) is 0 Å². The van der Waals surface area contributed by atoms with Crippen LogP contribution in [0.5, 0.6) is 0 Å². The van der Waals surface area contributed by atoms with Crippen LogP contribution in [-0.2, 0) is 4.79 Å². The summed E-state index contributed by atoms with van der Waals surface area (Å²) in [7, 11) is 0. The molecule has 0 radical (unpaired) electrons. The summed E-state index contributed by atoms with van der Waals surface area (Å²) in [5.74, 6) is -0.502. The number of anilines is 1. The molecule has 5 heteroatoms. The molecule has 17 heavy (non-hydrogen) atoms. The molecule has 3 nitrogen and oxygen atoms in total. The van der Waals surface area contributed by atoms with Crippen molar-refractivity contribution in [2.24, 2.45) is 0 Å². The molecule has 1 aliphatic heterocycles. The SMILES string of the molecule is CCNC1CCN(c2ccc(Cl)c(F)c2)C1=O. The lowest BCUT2D eigenvalue weighted by Crippen LogP contribution is -2.38. The van der Waals surface area contributed by atoms with Crippen molar-refractivity contribution in [1.29, 1.82) is 0 Å². The average molecular weight is 257 g/mol. The molecular weight excluding hydrogens is 243 g/mol. The fraction of sp³-hybridized carbons (Fsp3) is 0.417. The standard InChI is InChI=1S/C12H14ClFN2O/c1-2-15-11-5-6-16(12(11)17)8-3-4-9(13)10(14)7-8/h3-4,7,11,15H,2,5-6H2,1H3. The molecule has 1 unspecified atom stereocenters. The topological polar surface area (TPSA) is 32.3 Å². The van der Waals surface area contributed by atoms with Crippen molar-refractivity contribution in [1.82, 2.24) is 5.32 Å². The number of benzene rings is 1. The minimum absolute atomic E-state index is 0.00595. The first-order valence-corrected chi connectivity index (χ1v) is 6.01. The van der Waals surface area contributed by atoms with Crippen LogP contribution in [0.15, 0.2) is 18.2 Å². The van der Waals surface area contributed by atoms with Crippen LogP contribution >= 0.6 is 11.6 Å². The molecule has 0 aliphatic carbocycles. The van der Waals surface area contributed by atoms with E-state index in [9.17, 15) is 9.18 Å². The second-order valence-electron chi connectivity index (χ2n) is 3.99. The predicted molar refractivity (Wildman–Crippen MR) is 65.8 cm³/mol. The van der Waals surface area contributed by atoms with E-state index in [4.69, 9.17) is 11.6 Å². The molecule has 0 spiro atoms. The predicted octanol–water partition coefficient (Wildman–Crippen LogP) is 2.19. The molecule has 1 N–H and O–H groups in total. The van der Waals surface area contributed by atoms with Crippen LogP contribution in [0.2, 0.25) is 5.02 Å². The number of carbonyl (C=O) groups is 1. The molecule has 0 aromatic heterocycles. The zero-order chi connectivity index (χ0) is 12.4. The van der Waals surface area contributed by atoms with Gasteiger partial charge in [0.1, 0.15) is 5.82 Å². The third kappa shape index (κ3) is 2.42.